The number of para-hydroxylation sites is 1. The largest absolute Gasteiger partial charge is 0.461 e. The van der Waals surface area contributed by atoms with Gasteiger partial charge < -0.3 is 19.9 Å². The van der Waals surface area contributed by atoms with Crippen LogP contribution in [0.3, 0.4) is 0 Å². The van der Waals surface area contributed by atoms with Gasteiger partial charge in [0.15, 0.2) is 5.16 Å². The zero-order valence-corrected chi connectivity index (χ0v) is 16.7. The first kappa shape index (κ1) is 20.8. The maximum atomic E-state index is 13.1. The number of piperazine rings is 1. The summed E-state index contributed by atoms with van der Waals surface area (Å²) in [5.41, 5.74) is 3.34. The average Bonchev–Trinajstić information content (AvgIpc) is 3.15. The summed E-state index contributed by atoms with van der Waals surface area (Å²) in [4.78, 5) is 9.84. The number of rotatable bonds is 7. The second-order valence-corrected chi connectivity index (χ2v) is 7.80. The van der Waals surface area contributed by atoms with Gasteiger partial charge in [0, 0.05) is 43.7 Å². The van der Waals surface area contributed by atoms with Gasteiger partial charge in [0.2, 0.25) is 0 Å². The first-order chi connectivity index (χ1) is 14.4. The molecule has 2 aromatic carbocycles. The average molecular weight is 440 g/mol. The van der Waals surface area contributed by atoms with Crippen LogP contribution in [-0.2, 0) is 5.75 Å². The number of H-pyrrole nitrogens is 1. The minimum absolute atomic E-state index is 0.361. The van der Waals surface area contributed by atoms with Gasteiger partial charge in [0.25, 0.3) is 0 Å². The van der Waals surface area contributed by atoms with Gasteiger partial charge in [0.1, 0.15) is 5.75 Å². The van der Waals surface area contributed by atoms with Crippen molar-refractivity contribution < 1.29 is 22.3 Å². The van der Waals surface area contributed by atoms with Gasteiger partial charge in [0.05, 0.1) is 11.0 Å². The summed E-state index contributed by atoms with van der Waals surface area (Å²) in [7, 11) is 0. The fourth-order valence-electron chi connectivity index (χ4n) is 3.29. The molecule has 1 fully saturated rings. The molecule has 30 heavy (non-hydrogen) atoms. The van der Waals surface area contributed by atoms with Gasteiger partial charge >= 0.3 is 12.5 Å². The Morgan fingerprint density at radius 2 is 1.90 bits per heavy atom. The Bertz CT molecular complexity index is 1010. The molecule has 5 nitrogen and oxygen atoms in total. The van der Waals surface area contributed by atoms with E-state index in [4.69, 9.17) is 0 Å². The number of hydrogen-bond acceptors (Lipinski definition) is 5. The fraction of sp³-hybridized carbons (Fsp3) is 0.350. The van der Waals surface area contributed by atoms with Crippen LogP contribution in [0.1, 0.15) is 5.56 Å². The Kier molecular flexibility index (Phi) is 6.05. The highest BCUT2D eigenvalue weighted by molar-refractivity contribution is 7.98. The Morgan fingerprint density at radius 1 is 1.13 bits per heavy atom. The molecule has 0 amide bonds. The third-order valence-electron chi connectivity index (χ3n) is 4.75. The van der Waals surface area contributed by atoms with Crippen LogP contribution in [0.25, 0.3) is 11.0 Å². The summed E-state index contributed by atoms with van der Waals surface area (Å²) < 4.78 is 55.1. The number of hydrogen-bond donors (Lipinski definition) is 2. The van der Waals surface area contributed by atoms with Crippen LogP contribution in [0.2, 0.25) is 0 Å². The van der Waals surface area contributed by atoms with Crippen LogP contribution in [0.5, 0.6) is 5.75 Å². The van der Waals surface area contributed by atoms with Crippen molar-refractivity contribution in [3.63, 3.8) is 0 Å². The van der Waals surface area contributed by atoms with Crippen molar-refractivity contribution in [3.8, 4) is 5.75 Å². The van der Waals surface area contributed by atoms with Crippen LogP contribution < -0.4 is 15.0 Å². The summed E-state index contributed by atoms with van der Waals surface area (Å²) in [5, 5.41) is 3.95. The molecule has 1 aliphatic heterocycles. The van der Waals surface area contributed by atoms with Gasteiger partial charge in [-0.2, -0.15) is 17.6 Å². The second-order valence-electron chi connectivity index (χ2n) is 6.84. The van der Waals surface area contributed by atoms with E-state index in [0.717, 1.165) is 26.2 Å². The summed E-state index contributed by atoms with van der Waals surface area (Å²) in [6.45, 7) is 3.77. The molecule has 2 heterocycles. The van der Waals surface area contributed by atoms with Gasteiger partial charge in [-0.25, -0.2) is 4.98 Å². The highest BCUT2D eigenvalue weighted by Crippen LogP contribution is 2.32. The molecular weight excluding hydrogens is 420 g/mol. The molecule has 0 aliphatic carbocycles. The quantitative estimate of drug-likeness (QED) is 0.419. The van der Waals surface area contributed by atoms with Crippen LogP contribution in [0, 0.1) is 0 Å². The van der Waals surface area contributed by atoms with Gasteiger partial charge in [-0.15, -0.1) is 0 Å². The van der Waals surface area contributed by atoms with E-state index < -0.39 is 12.5 Å². The topological polar surface area (TPSA) is 53.2 Å². The van der Waals surface area contributed by atoms with Crippen LogP contribution in [0.15, 0.2) is 47.6 Å². The van der Waals surface area contributed by atoms with E-state index in [0.29, 0.717) is 21.9 Å². The first-order valence-electron chi connectivity index (χ1n) is 9.43. The number of imidazole rings is 1. The number of ether oxygens (including phenoxy) is 1. The number of aromatic amines is 1. The van der Waals surface area contributed by atoms with E-state index in [2.05, 4.69) is 37.1 Å². The number of benzene rings is 2. The first-order valence-corrected chi connectivity index (χ1v) is 10.4. The van der Waals surface area contributed by atoms with Crippen molar-refractivity contribution in [1.29, 1.82) is 0 Å². The predicted molar refractivity (Wildman–Crippen MR) is 109 cm³/mol. The number of nitrogens with one attached hydrogen (secondary N) is 2. The van der Waals surface area contributed by atoms with Crippen LogP contribution >= 0.6 is 11.8 Å². The van der Waals surface area contributed by atoms with E-state index >= 15 is 0 Å². The van der Waals surface area contributed by atoms with E-state index in [-0.39, 0.29) is 5.75 Å². The van der Waals surface area contributed by atoms with E-state index in [9.17, 15) is 17.6 Å². The van der Waals surface area contributed by atoms with Crippen LogP contribution in [-0.4, -0.2) is 48.7 Å². The predicted octanol–water partition coefficient (Wildman–Crippen LogP) is 4.50. The van der Waals surface area contributed by atoms with E-state index in [1.165, 1.54) is 41.2 Å². The van der Waals surface area contributed by atoms with Crippen molar-refractivity contribution in [2.45, 2.75) is 23.4 Å². The third-order valence-corrected chi connectivity index (χ3v) is 5.68. The van der Waals surface area contributed by atoms with Gasteiger partial charge in [-0.3, -0.25) is 0 Å². The van der Waals surface area contributed by atoms with Crippen LogP contribution in [0.4, 0.5) is 23.2 Å². The Labute approximate surface area is 174 Å². The lowest BCUT2D eigenvalue weighted by atomic mass is 10.1. The fourth-order valence-corrected chi connectivity index (χ4v) is 4.17. The monoisotopic (exact) mass is 440 g/mol. The molecule has 0 saturated carbocycles. The standard InChI is InChI=1S/C20H20F4N4OS/c21-18(22)20(23,24)29-14-5-6-15-16(11-14)27-19(26-15)30-12-13-3-1-2-4-17(13)28-9-7-25-8-10-28/h1-6,11,18,25H,7-10,12H2,(H,26,27). The normalized spacial score (nSPS) is 15.2. The van der Waals surface area contributed by atoms with Crippen molar-refractivity contribution in [2.24, 2.45) is 0 Å². The summed E-state index contributed by atoms with van der Waals surface area (Å²) >= 11 is 1.48. The third kappa shape index (κ3) is 4.65. The lowest BCUT2D eigenvalue weighted by Crippen LogP contribution is -2.43. The van der Waals surface area contributed by atoms with Gasteiger partial charge in [-0.1, -0.05) is 30.0 Å². The molecule has 4 rings (SSSR count). The van der Waals surface area contributed by atoms with Crippen molar-refractivity contribution in [1.82, 2.24) is 15.3 Å². The van der Waals surface area contributed by atoms with Crippen molar-refractivity contribution in [3.05, 3.63) is 48.0 Å². The molecule has 1 aromatic heterocycles. The zero-order valence-electron chi connectivity index (χ0n) is 15.9. The highest BCUT2D eigenvalue weighted by atomic mass is 32.2. The molecule has 2 N–H and O–H groups in total. The lowest BCUT2D eigenvalue weighted by molar-refractivity contribution is -0.253. The molecule has 1 aliphatic rings. The molecule has 0 bridgehead atoms. The number of nitrogens with zero attached hydrogens (tertiary/aromatic N) is 2. The van der Waals surface area contributed by atoms with Crippen molar-refractivity contribution >= 4 is 28.5 Å². The Hall–Kier alpha value is -2.46. The summed E-state index contributed by atoms with van der Waals surface area (Å²) in [6.07, 6.45) is -8.45. The molecule has 1 saturated heterocycles. The Balaban J connectivity index is 1.47. The van der Waals surface area contributed by atoms with Crippen molar-refractivity contribution in [2.75, 3.05) is 31.1 Å². The Morgan fingerprint density at radius 3 is 2.67 bits per heavy atom. The van der Waals surface area contributed by atoms with E-state index in [1.807, 2.05) is 12.1 Å². The highest BCUT2D eigenvalue weighted by Gasteiger charge is 2.44. The molecular formula is C20H20F4N4OS. The maximum absolute atomic E-state index is 13.1. The van der Waals surface area contributed by atoms with E-state index in [1.54, 1.807) is 0 Å². The summed E-state index contributed by atoms with van der Waals surface area (Å²) in [5.74, 6) is 0.312. The summed E-state index contributed by atoms with van der Waals surface area (Å²) in [6, 6.07) is 12.1. The molecule has 160 valence electrons. The zero-order chi connectivity index (χ0) is 21.1. The number of halogens is 4. The molecule has 3 aromatic rings. The number of alkyl halides is 4. The maximum Gasteiger partial charge on any atom is 0.461 e. The lowest BCUT2D eigenvalue weighted by Gasteiger charge is -2.31. The second kappa shape index (κ2) is 8.73. The SMILES string of the molecule is FC(F)C(F)(F)Oc1ccc2[nH]c(SCc3ccccc3N3CCNCC3)nc2c1. The number of aromatic nitrogens is 2. The number of fused-ring (bicyclic) bond motifs is 1. The minimum Gasteiger partial charge on any atom is -0.428 e. The minimum atomic E-state index is -4.55. The number of thioether (sulfide) groups is 1. The molecule has 0 unspecified atom stereocenters. The smallest absolute Gasteiger partial charge is 0.428 e. The molecule has 0 spiro atoms. The van der Waals surface area contributed by atoms with Gasteiger partial charge in [-0.05, 0) is 23.8 Å². The molecule has 10 heteroatoms. The number of anilines is 1. The molecule has 0 radical (unpaired) electrons. The molecule has 0 atom stereocenters.